The fraction of sp³-hybridized carbons (Fsp3) is 0.308. The number of halogens is 1. The van der Waals surface area contributed by atoms with Crippen LogP contribution in [0.1, 0.15) is 17.3 Å². The highest BCUT2D eigenvalue weighted by molar-refractivity contribution is 7.90. The summed E-state index contributed by atoms with van der Waals surface area (Å²) in [6.07, 6.45) is 0.977. The first-order valence-electron chi connectivity index (χ1n) is 6.39. The zero-order valence-corrected chi connectivity index (χ0v) is 14.0. The smallest absolute Gasteiger partial charge is 0.340 e. The van der Waals surface area contributed by atoms with Crippen LogP contribution in [-0.4, -0.2) is 45.7 Å². The standard InChI is InChI=1S/C13H15ClN2O6S/c1-3-15-13(19)16-11(17)7-22-12(18)9-6-8(23(2,20)21)4-5-10(9)14/h4-6H,3,7H2,1-2H3,(H2,15,16,17,19). The monoisotopic (exact) mass is 362 g/mol. The molecule has 8 nitrogen and oxygen atoms in total. The van der Waals surface area contributed by atoms with E-state index in [0.29, 0.717) is 6.54 Å². The molecule has 0 aliphatic rings. The molecule has 1 rings (SSSR count). The fourth-order valence-corrected chi connectivity index (χ4v) is 2.31. The second-order valence-electron chi connectivity index (χ2n) is 4.40. The number of nitrogens with one attached hydrogen (secondary N) is 2. The minimum atomic E-state index is -3.53. The lowest BCUT2D eigenvalue weighted by Crippen LogP contribution is -2.41. The third kappa shape index (κ3) is 5.87. The number of urea groups is 1. The summed E-state index contributed by atoms with van der Waals surface area (Å²) < 4.78 is 27.6. The Labute approximate surface area is 138 Å². The van der Waals surface area contributed by atoms with E-state index in [9.17, 15) is 22.8 Å². The fourth-order valence-electron chi connectivity index (χ4n) is 1.47. The van der Waals surface area contributed by atoms with E-state index in [-0.39, 0.29) is 15.5 Å². The van der Waals surface area contributed by atoms with Crippen molar-refractivity contribution in [2.24, 2.45) is 0 Å². The lowest BCUT2D eigenvalue weighted by molar-refractivity contribution is -0.123. The van der Waals surface area contributed by atoms with Crippen LogP contribution in [0.2, 0.25) is 5.02 Å². The van der Waals surface area contributed by atoms with Crippen molar-refractivity contribution in [2.45, 2.75) is 11.8 Å². The summed E-state index contributed by atoms with van der Waals surface area (Å²) in [5.41, 5.74) is -0.194. The molecule has 10 heteroatoms. The predicted molar refractivity (Wildman–Crippen MR) is 82.1 cm³/mol. The Morgan fingerprint density at radius 3 is 2.48 bits per heavy atom. The SMILES string of the molecule is CCNC(=O)NC(=O)COC(=O)c1cc(S(C)(=O)=O)ccc1Cl. The van der Waals surface area contributed by atoms with Gasteiger partial charge in [-0.25, -0.2) is 18.0 Å². The first-order chi connectivity index (χ1) is 10.6. The molecule has 0 bridgehead atoms. The van der Waals surface area contributed by atoms with Gasteiger partial charge in [-0.1, -0.05) is 11.6 Å². The normalized spacial score (nSPS) is 10.7. The van der Waals surface area contributed by atoms with Crippen molar-refractivity contribution in [3.63, 3.8) is 0 Å². The second-order valence-corrected chi connectivity index (χ2v) is 6.82. The maximum Gasteiger partial charge on any atom is 0.340 e. The second kappa shape index (κ2) is 7.93. The molecule has 0 radical (unpaired) electrons. The van der Waals surface area contributed by atoms with E-state index in [1.54, 1.807) is 6.92 Å². The van der Waals surface area contributed by atoms with Gasteiger partial charge in [-0.2, -0.15) is 0 Å². The third-order valence-corrected chi connectivity index (χ3v) is 3.95. The molecule has 0 saturated heterocycles. The Bertz CT molecular complexity index is 732. The average Bonchev–Trinajstić information content (AvgIpc) is 2.44. The quantitative estimate of drug-likeness (QED) is 0.746. The zero-order chi connectivity index (χ0) is 17.6. The summed E-state index contributed by atoms with van der Waals surface area (Å²) >= 11 is 5.82. The molecule has 0 unspecified atom stereocenters. The van der Waals surface area contributed by atoms with Crippen molar-refractivity contribution in [1.29, 1.82) is 0 Å². The van der Waals surface area contributed by atoms with Gasteiger partial charge in [0.15, 0.2) is 16.4 Å². The van der Waals surface area contributed by atoms with Gasteiger partial charge < -0.3 is 10.1 Å². The highest BCUT2D eigenvalue weighted by Crippen LogP contribution is 2.21. The minimum Gasteiger partial charge on any atom is -0.452 e. The Balaban J connectivity index is 2.75. The highest BCUT2D eigenvalue weighted by atomic mass is 35.5. The van der Waals surface area contributed by atoms with Gasteiger partial charge in [-0.15, -0.1) is 0 Å². The van der Waals surface area contributed by atoms with Crippen LogP contribution in [0, 0.1) is 0 Å². The van der Waals surface area contributed by atoms with Gasteiger partial charge >= 0.3 is 12.0 Å². The molecule has 0 fully saturated rings. The van der Waals surface area contributed by atoms with E-state index in [4.69, 9.17) is 16.3 Å². The number of hydrogen-bond acceptors (Lipinski definition) is 6. The summed E-state index contributed by atoms with van der Waals surface area (Å²) in [7, 11) is -3.53. The number of amides is 3. The van der Waals surface area contributed by atoms with E-state index < -0.39 is 34.4 Å². The molecule has 0 saturated carbocycles. The predicted octanol–water partition coefficient (Wildman–Crippen LogP) is 0.746. The Kier molecular flexibility index (Phi) is 6.52. The van der Waals surface area contributed by atoms with Crippen LogP contribution >= 0.6 is 11.6 Å². The van der Waals surface area contributed by atoms with Gasteiger partial charge in [0, 0.05) is 12.8 Å². The molecular weight excluding hydrogens is 348 g/mol. The van der Waals surface area contributed by atoms with E-state index in [0.717, 1.165) is 12.3 Å². The largest absolute Gasteiger partial charge is 0.452 e. The van der Waals surface area contributed by atoms with E-state index in [2.05, 4.69) is 5.32 Å². The molecule has 0 atom stereocenters. The number of rotatable bonds is 5. The van der Waals surface area contributed by atoms with E-state index in [1.165, 1.54) is 12.1 Å². The van der Waals surface area contributed by atoms with Crippen LogP contribution < -0.4 is 10.6 Å². The van der Waals surface area contributed by atoms with Crippen molar-refractivity contribution >= 4 is 39.3 Å². The molecule has 0 aliphatic carbocycles. The molecular formula is C13H15ClN2O6S. The average molecular weight is 363 g/mol. The minimum absolute atomic E-state index is 0.0217. The number of hydrogen-bond donors (Lipinski definition) is 2. The molecule has 0 heterocycles. The van der Waals surface area contributed by atoms with Gasteiger partial charge in [0.2, 0.25) is 0 Å². The van der Waals surface area contributed by atoms with Crippen molar-refractivity contribution in [1.82, 2.24) is 10.6 Å². The molecule has 1 aromatic carbocycles. The number of sulfone groups is 1. The Morgan fingerprint density at radius 2 is 1.91 bits per heavy atom. The van der Waals surface area contributed by atoms with Gasteiger partial charge in [0.05, 0.1) is 15.5 Å². The molecule has 2 N–H and O–H groups in total. The Hall–Kier alpha value is -2.13. The number of ether oxygens (including phenoxy) is 1. The summed E-state index contributed by atoms with van der Waals surface area (Å²) in [6.45, 7) is 1.28. The topological polar surface area (TPSA) is 119 Å². The molecule has 0 aromatic heterocycles. The summed E-state index contributed by atoms with van der Waals surface area (Å²) in [6, 6.07) is 2.83. The lowest BCUT2D eigenvalue weighted by atomic mass is 10.2. The number of carbonyl (C=O) groups excluding carboxylic acids is 3. The molecule has 126 valence electrons. The molecule has 23 heavy (non-hydrogen) atoms. The summed E-state index contributed by atoms with van der Waals surface area (Å²) in [4.78, 5) is 34.3. The molecule has 3 amide bonds. The van der Waals surface area contributed by atoms with Crippen LogP contribution in [0.4, 0.5) is 4.79 Å². The van der Waals surface area contributed by atoms with E-state index in [1.807, 2.05) is 5.32 Å². The molecule has 0 spiro atoms. The number of esters is 1. The first kappa shape index (κ1) is 18.9. The third-order valence-electron chi connectivity index (χ3n) is 2.51. The van der Waals surface area contributed by atoms with Crippen LogP contribution in [0.3, 0.4) is 0 Å². The van der Waals surface area contributed by atoms with Crippen molar-refractivity contribution in [3.8, 4) is 0 Å². The number of carbonyl (C=O) groups is 3. The van der Waals surface area contributed by atoms with E-state index >= 15 is 0 Å². The van der Waals surface area contributed by atoms with Crippen LogP contribution in [0.25, 0.3) is 0 Å². The van der Waals surface area contributed by atoms with Crippen molar-refractivity contribution in [2.75, 3.05) is 19.4 Å². The van der Waals surface area contributed by atoms with Gasteiger partial charge in [0.1, 0.15) is 0 Å². The first-order valence-corrected chi connectivity index (χ1v) is 8.66. The van der Waals surface area contributed by atoms with Gasteiger partial charge in [-0.05, 0) is 25.1 Å². The Morgan fingerprint density at radius 1 is 1.26 bits per heavy atom. The van der Waals surface area contributed by atoms with Gasteiger partial charge in [0.25, 0.3) is 5.91 Å². The van der Waals surface area contributed by atoms with Crippen LogP contribution in [0.15, 0.2) is 23.1 Å². The lowest BCUT2D eigenvalue weighted by Gasteiger charge is -2.08. The highest BCUT2D eigenvalue weighted by Gasteiger charge is 2.18. The molecule has 0 aliphatic heterocycles. The van der Waals surface area contributed by atoms with Crippen LogP contribution in [0.5, 0.6) is 0 Å². The maximum atomic E-state index is 11.9. The van der Waals surface area contributed by atoms with Crippen molar-refractivity contribution < 1.29 is 27.5 Å². The summed E-state index contributed by atoms with van der Waals surface area (Å²) in [5, 5.41) is 4.25. The van der Waals surface area contributed by atoms with Gasteiger partial charge in [-0.3, -0.25) is 10.1 Å². The number of imide groups is 1. The zero-order valence-electron chi connectivity index (χ0n) is 12.4. The van der Waals surface area contributed by atoms with Crippen LogP contribution in [-0.2, 0) is 19.4 Å². The summed E-state index contributed by atoms with van der Waals surface area (Å²) in [5.74, 6) is -1.81. The maximum absolute atomic E-state index is 11.9. The number of benzene rings is 1. The van der Waals surface area contributed by atoms with Crippen molar-refractivity contribution in [3.05, 3.63) is 28.8 Å². The molecule has 1 aromatic rings.